The molecule has 2 aromatic heterocycles. The molecular weight excluding hydrogens is 374 g/mol. The van der Waals surface area contributed by atoms with E-state index in [4.69, 9.17) is 4.42 Å². The van der Waals surface area contributed by atoms with Crippen molar-refractivity contribution in [2.24, 2.45) is 0 Å². The number of furan rings is 1. The van der Waals surface area contributed by atoms with Crippen LogP contribution >= 0.6 is 0 Å². The fraction of sp³-hybridized carbons (Fsp3) is 0.400. The van der Waals surface area contributed by atoms with Gasteiger partial charge < -0.3 is 19.5 Å². The Labute approximate surface area is 168 Å². The summed E-state index contributed by atoms with van der Waals surface area (Å²) in [5, 5.41) is 2.66. The molecule has 0 bridgehead atoms. The Bertz CT molecular complexity index is 862. The van der Waals surface area contributed by atoms with Crippen LogP contribution in [0, 0.1) is 0 Å². The third-order valence-electron chi connectivity index (χ3n) is 5.25. The van der Waals surface area contributed by atoms with Gasteiger partial charge >= 0.3 is 6.03 Å². The van der Waals surface area contributed by atoms with Crippen molar-refractivity contribution in [1.82, 2.24) is 20.1 Å². The number of nitrogens with zero attached hydrogens (tertiary/aromatic N) is 4. The van der Waals surface area contributed by atoms with E-state index in [1.807, 2.05) is 18.2 Å². The van der Waals surface area contributed by atoms with Crippen LogP contribution in [0.2, 0.25) is 0 Å². The van der Waals surface area contributed by atoms with E-state index < -0.39 is 12.1 Å². The first-order chi connectivity index (χ1) is 14.1. The number of aromatic nitrogens is 1. The summed E-state index contributed by atoms with van der Waals surface area (Å²) in [6.45, 7) is 2.77. The number of carbonyl (C=O) groups is 3. The van der Waals surface area contributed by atoms with Crippen molar-refractivity contribution in [2.45, 2.75) is 25.4 Å². The third-order valence-corrected chi connectivity index (χ3v) is 5.25. The number of imide groups is 1. The minimum atomic E-state index is -0.670. The number of pyridine rings is 1. The number of amides is 4. The number of urea groups is 1. The Kier molecular flexibility index (Phi) is 5.46. The molecule has 2 fully saturated rings. The lowest BCUT2D eigenvalue weighted by Crippen LogP contribution is -2.49. The molecule has 2 saturated heterocycles. The van der Waals surface area contributed by atoms with E-state index in [0.29, 0.717) is 25.3 Å². The van der Waals surface area contributed by atoms with Crippen LogP contribution in [-0.2, 0) is 16.1 Å². The summed E-state index contributed by atoms with van der Waals surface area (Å²) in [4.78, 5) is 46.6. The van der Waals surface area contributed by atoms with Crippen molar-refractivity contribution in [3.05, 3.63) is 48.6 Å². The van der Waals surface area contributed by atoms with E-state index in [-0.39, 0.29) is 24.8 Å². The largest absolute Gasteiger partial charge is 0.467 e. The first kappa shape index (κ1) is 19.0. The van der Waals surface area contributed by atoms with Crippen molar-refractivity contribution in [3.63, 3.8) is 0 Å². The van der Waals surface area contributed by atoms with Crippen molar-refractivity contribution >= 4 is 23.7 Å². The first-order valence-electron chi connectivity index (χ1n) is 9.70. The molecule has 4 amide bonds. The van der Waals surface area contributed by atoms with Gasteiger partial charge in [0.05, 0.1) is 12.8 Å². The predicted octanol–water partition coefficient (Wildman–Crippen LogP) is 1.22. The molecule has 0 aromatic carbocycles. The van der Waals surface area contributed by atoms with Crippen molar-refractivity contribution in [2.75, 3.05) is 31.1 Å². The number of nitrogens with one attached hydrogen (secondary N) is 1. The van der Waals surface area contributed by atoms with Crippen molar-refractivity contribution in [1.29, 1.82) is 0 Å². The van der Waals surface area contributed by atoms with Gasteiger partial charge in [0.25, 0.3) is 5.91 Å². The maximum atomic E-state index is 12.6. The number of rotatable bonds is 6. The van der Waals surface area contributed by atoms with Crippen LogP contribution in [0.5, 0.6) is 0 Å². The number of hydrogen-bond donors (Lipinski definition) is 1. The fourth-order valence-electron chi connectivity index (χ4n) is 3.63. The van der Waals surface area contributed by atoms with Gasteiger partial charge in [-0.05, 0) is 30.7 Å². The molecule has 9 nitrogen and oxygen atoms in total. The van der Waals surface area contributed by atoms with E-state index in [9.17, 15) is 14.4 Å². The molecule has 0 saturated carbocycles. The van der Waals surface area contributed by atoms with Gasteiger partial charge in [-0.3, -0.25) is 14.5 Å². The van der Waals surface area contributed by atoms with Crippen LogP contribution in [0.25, 0.3) is 0 Å². The van der Waals surface area contributed by atoms with Crippen molar-refractivity contribution in [3.8, 4) is 0 Å². The molecule has 1 N–H and O–H groups in total. The zero-order chi connectivity index (χ0) is 20.2. The highest BCUT2D eigenvalue weighted by Gasteiger charge is 2.38. The smallest absolute Gasteiger partial charge is 0.325 e. The fourth-order valence-corrected chi connectivity index (χ4v) is 3.63. The summed E-state index contributed by atoms with van der Waals surface area (Å²) in [6.07, 6.45) is 3.76. The number of piperazine rings is 1. The molecule has 4 heterocycles. The Balaban J connectivity index is 1.25. The molecule has 2 aliphatic heterocycles. The zero-order valence-corrected chi connectivity index (χ0v) is 16.0. The quantitative estimate of drug-likeness (QED) is 0.736. The Hall–Kier alpha value is -3.36. The molecule has 1 atom stereocenters. The van der Waals surface area contributed by atoms with E-state index >= 15 is 0 Å². The second-order valence-corrected chi connectivity index (χ2v) is 7.10. The summed E-state index contributed by atoms with van der Waals surface area (Å²) < 4.78 is 5.20. The summed E-state index contributed by atoms with van der Waals surface area (Å²) in [5.74, 6) is 1.13. The molecule has 2 aromatic rings. The van der Waals surface area contributed by atoms with Crippen LogP contribution in [0.4, 0.5) is 10.6 Å². The molecule has 1 unspecified atom stereocenters. The van der Waals surface area contributed by atoms with Gasteiger partial charge in [-0.2, -0.15) is 0 Å². The van der Waals surface area contributed by atoms with Gasteiger partial charge in [0.1, 0.15) is 17.6 Å². The molecule has 29 heavy (non-hydrogen) atoms. The molecule has 2 aliphatic rings. The lowest BCUT2D eigenvalue weighted by Gasteiger charge is -2.35. The minimum Gasteiger partial charge on any atom is -0.467 e. The normalized spacial score (nSPS) is 19.6. The summed E-state index contributed by atoms with van der Waals surface area (Å²) in [7, 11) is 0. The molecular formula is C20H23N5O4. The molecule has 152 valence electrons. The summed E-state index contributed by atoms with van der Waals surface area (Å²) in [5.41, 5.74) is 0. The topological polar surface area (TPSA) is 99.0 Å². The Morgan fingerprint density at radius 2 is 1.97 bits per heavy atom. The van der Waals surface area contributed by atoms with Crippen LogP contribution in [0.3, 0.4) is 0 Å². The van der Waals surface area contributed by atoms with Crippen LogP contribution < -0.4 is 10.2 Å². The second-order valence-electron chi connectivity index (χ2n) is 7.10. The monoisotopic (exact) mass is 397 g/mol. The van der Waals surface area contributed by atoms with Gasteiger partial charge in [-0.25, -0.2) is 9.78 Å². The maximum Gasteiger partial charge on any atom is 0.325 e. The van der Waals surface area contributed by atoms with Gasteiger partial charge in [-0.15, -0.1) is 0 Å². The zero-order valence-electron chi connectivity index (χ0n) is 16.0. The number of hydrogen-bond acceptors (Lipinski definition) is 6. The standard InChI is InChI=1S/C20H23N5O4/c26-18(24-11-9-23(10-12-24)17-5-1-2-8-21-17)7-6-16-19(27)25(20(28)22-16)14-15-4-3-13-29-15/h1-5,8,13,16H,6-7,9-12,14H2,(H,22,28). The molecule has 0 spiro atoms. The Morgan fingerprint density at radius 1 is 1.14 bits per heavy atom. The SMILES string of the molecule is O=C(CCC1NC(=O)N(Cc2ccco2)C1=O)N1CCN(c2ccccn2)CC1. The van der Waals surface area contributed by atoms with Crippen molar-refractivity contribution < 1.29 is 18.8 Å². The van der Waals surface area contributed by atoms with Crippen LogP contribution in [0.15, 0.2) is 47.2 Å². The molecule has 0 aliphatic carbocycles. The first-order valence-corrected chi connectivity index (χ1v) is 9.70. The van der Waals surface area contributed by atoms with E-state index in [1.54, 1.807) is 23.2 Å². The lowest BCUT2D eigenvalue weighted by molar-refractivity contribution is -0.132. The predicted molar refractivity (Wildman–Crippen MR) is 104 cm³/mol. The lowest BCUT2D eigenvalue weighted by atomic mass is 10.1. The van der Waals surface area contributed by atoms with E-state index in [2.05, 4.69) is 15.2 Å². The van der Waals surface area contributed by atoms with E-state index in [0.717, 1.165) is 23.8 Å². The maximum absolute atomic E-state index is 12.6. The summed E-state index contributed by atoms with van der Waals surface area (Å²) >= 11 is 0. The van der Waals surface area contributed by atoms with Gasteiger partial charge in [0.2, 0.25) is 5.91 Å². The van der Waals surface area contributed by atoms with Gasteiger partial charge in [0, 0.05) is 38.8 Å². The van der Waals surface area contributed by atoms with Gasteiger partial charge in [-0.1, -0.05) is 6.07 Å². The highest BCUT2D eigenvalue weighted by Crippen LogP contribution is 2.17. The minimum absolute atomic E-state index is 0.00259. The van der Waals surface area contributed by atoms with Crippen LogP contribution in [0.1, 0.15) is 18.6 Å². The Morgan fingerprint density at radius 3 is 2.66 bits per heavy atom. The van der Waals surface area contributed by atoms with Gasteiger partial charge in [0.15, 0.2) is 0 Å². The number of carbonyl (C=O) groups excluding carboxylic acids is 3. The second kappa shape index (κ2) is 8.34. The van der Waals surface area contributed by atoms with E-state index in [1.165, 1.54) is 6.26 Å². The molecule has 4 rings (SSSR count). The van der Waals surface area contributed by atoms with Crippen LogP contribution in [-0.4, -0.2) is 64.9 Å². The number of anilines is 1. The molecule has 0 radical (unpaired) electrons. The highest BCUT2D eigenvalue weighted by atomic mass is 16.3. The highest BCUT2D eigenvalue weighted by molar-refractivity contribution is 6.04. The average molecular weight is 397 g/mol. The summed E-state index contributed by atoms with van der Waals surface area (Å²) in [6, 6.07) is 8.08. The average Bonchev–Trinajstić information content (AvgIpc) is 3.36. The molecule has 9 heteroatoms. The third kappa shape index (κ3) is 4.23.